The molecule has 0 saturated heterocycles. The SMILES string of the molecule is c1ccc(-c2cc(-c3ccccc3)cc(-c3nc4ccccc4nc3-c3ccc4cc(-n5c6ccc(-n7c8ccccc8c8ccccc87)cc6c6cc7ccccc7cc65)ccc4c3)c2)cc1. The summed E-state index contributed by atoms with van der Waals surface area (Å²) in [6.07, 6.45) is 0. The highest BCUT2D eigenvalue weighted by atomic mass is 15.0. The van der Waals surface area contributed by atoms with E-state index in [0.717, 1.165) is 77.9 Å². The molecule has 0 spiro atoms. The molecule has 0 atom stereocenters. The fraction of sp³-hybridized carbons (Fsp3) is 0. The van der Waals surface area contributed by atoms with Gasteiger partial charge in [-0.15, -0.1) is 0 Å². The smallest absolute Gasteiger partial charge is 0.0973 e. The topological polar surface area (TPSA) is 35.6 Å². The van der Waals surface area contributed by atoms with E-state index in [9.17, 15) is 0 Å². The fourth-order valence-electron chi connectivity index (χ4n) is 10.6. The van der Waals surface area contributed by atoms with Crippen LogP contribution in [0.3, 0.4) is 0 Å². The number of para-hydroxylation sites is 4. The van der Waals surface area contributed by atoms with E-state index < -0.39 is 0 Å². The molecule has 0 aliphatic heterocycles. The lowest BCUT2D eigenvalue weighted by Crippen LogP contribution is -1.97. The summed E-state index contributed by atoms with van der Waals surface area (Å²) in [6, 6.07) is 87.6. The van der Waals surface area contributed by atoms with Crippen molar-refractivity contribution in [1.82, 2.24) is 19.1 Å². The van der Waals surface area contributed by atoms with Crippen LogP contribution in [0.2, 0.25) is 0 Å². The van der Waals surface area contributed by atoms with Gasteiger partial charge in [0.15, 0.2) is 0 Å². The first-order valence-electron chi connectivity index (χ1n) is 23.2. The van der Waals surface area contributed by atoms with Gasteiger partial charge in [0.2, 0.25) is 0 Å². The molecular formula is C64H40N4. The molecule has 68 heavy (non-hydrogen) atoms. The predicted molar refractivity (Wildman–Crippen MR) is 285 cm³/mol. The van der Waals surface area contributed by atoms with E-state index in [4.69, 9.17) is 9.97 Å². The van der Waals surface area contributed by atoms with Crippen molar-refractivity contribution in [1.29, 1.82) is 0 Å². The average Bonchev–Trinajstić information content (AvgIpc) is 3.91. The van der Waals surface area contributed by atoms with Crippen molar-refractivity contribution in [3.05, 3.63) is 243 Å². The molecule has 0 saturated carbocycles. The second-order valence-corrected chi connectivity index (χ2v) is 17.8. The van der Waals surface area contributed by atoms with Crippen LogP contribution in [-0.4, -0.2) is 19.1 Å². The summed E-state index contributed by atoms with van der Waals surface area (Å²) in [5, 5.41) is 9.69. The summed E-state index contributed by atoms with van der Waals surface area (Å²) in [6.45, 7) is 0. The maximum absolute atomic E-state index is 5.38. The Morgan fingerprint density at radius 2 is 0.691 bits per heavy atom. The van der Waals surface area contributed by atoms with Crippen LogP contribution in [0.15, 0.2) is 243 Å². The highest BCUT2D eigenvalue weighted by Gasteiger charge is 2.20. The van der Waals surface area contributed by atoms with Gasteiger partial charge in [0.05, 0.1) is 44.5 Å². The predicted octanol–water partition coefficient (Wildman–Crippen LogP) is 16.8. The lowest BCUT2D eigenvalue weighted by atomic mass is 9.93. The maximum Gasteiger partial charge on any atom is 0.0973 e. The third-order valence-electron chi connectivity index (χ3n) is 13.8. The van der Waals surface area contributed by atoms with Crippen LogP contribution in [0.25, 0.3) is 132 Å². The van der Waals surface area contributed by atoms with Crippen molar-refractivity contribution in [2.45, 2.75) is 0 Å². The number of hydrogen-bond acceptors (Lipinski definition) is 2. The molecule has 4 nitrogen and oxygen atoms in total. The zero-order chi connectivity index (χ0) is 44.7. The molecule has 0 fully saturated rings. The number of nitrogens with zero attached hydrogens (tertiary/aromatic N) is 4. The molecule has 14 aromatic rings. The largest absolute Gasteiger partial charge is 0.309 e. The van der Waals surface area contributed by atoms with Crippen LogP contribution in [0.5, 0.6) is 0 Å². The van der Waals surface area contributed by atoms with E-state index in [1.165, 1.54) is 54.4 Å². The number of aromatic nitrogens is 4. The van der Waals surface area contributed by atoms with Gasteiger partial charge in [0.1, 0.15) is 0 Å². The van der Waals surface area contributed by atoms with Crippen molar-refractivity contribution in [2.24, 2.45) is 0 Å². The highest BCUT2D eigenvalue weighted by Crippen LogP contribution is 2.41. The van der Waals surface area contributed by atoms with Crippen LogP contribution < -0.4 is 0 Å². The first-order chi connectivity index (χ1) is 33.7. The number of rotatable bonds is 6. The van der Waals surface area contributed by atoms with E-state index in [2.05, 4.69) is 240 Å². The molecule has 0 radical (unpaired) electrons. The van der Waals surface area contributed by atoms with Gasteiger partial charge in [-0.05, 0) is 135 Å². The van der Waals surface area contributed by atoms with Crippen molar-refractivity contribution >= 4 is 76.2 Å². The van der Waals surface area contributed by atoms with Gasteiger partial charge < -0.3 is 9.13 Å². The Morgan fingerprint density at radius 1 is 0.235 bits per heavy atom. The number of hydrogen-bond donors (Lipinski definition) is 0. The number of fused-ring (bicyclic) bond motifs is 9. The van der Waals surface area contributed by atoms with Gasteiger partial charge in [0, 0.05) is 44.0 Å². The normalized spacial score (nSPS) is 11.8. The monoisotopic (exact) mass is 864 g/mol. The molecule has 0 aliphatic rings. The molecule has 3 heterocycles. The molecule has 0 amide bonds. The standard InChI is InChI=1S/C64H40N4/c1-3-15-41(16-4-1)48-34-49(42-17-5-2-6-18-42)36-50(35-48)64-63(65-57-23-11-12-24-58(57)66-64)47-28-27-46-37-51(30-29-45(46)33-47)68-61-32-31-52(40-56(61)55-38-43-19-7-8-20-44(43)39-62(55)68)67-59-25-13-9-21-53(59)54-22-10-14-26-60(54)67/h1-40H. The van der Waals surface area contributed by atoms with Crippen LogP contribution in [0, 0.1) is 0 Å². The van der Waals surface area contributed by atoms with Gasteiger partial charge in [-0.25, -0.2) is 9.97 Å². The first kappa shape index (κ1) is 38.2. The lowest BCUT2D eigenvalue weighted by Gasteiger charge is -2.15. The first-order valence-corrected chi connectivity index (χ1v) is 23.2. The lowest BCUT2D eigenvalue weighted by molar-refractivity contribution is 1.17. The quantitative estimate of drug-likeness (QED) is 0.167. The summed E-state index contributed by atoms with van der Waals surface area (Å²) in [4.78, 5) is 10.8. The Hall–Kier alpha value is -9.12. The van der Waals surface area contributed by atoms with Crippen molar-refractivity contribution < 1.29 is 0 Å². The summed E-state index contributed by atoms with van der Waals surface area (Å²) >= 11 is 0. The van der Waals surface area contributed by atoms with Gasteiger partial charge in [-0.3, -0.25) is 0 Å². The molecule has 11 aromatic carbocycles. The van der Waals surface area contributed by atoms with Crippen LogP contribution in [-0.2, 0) is 0 Å². The van der Waals surface area contributed by atoms with Crippen LogP contribution >= 0.6 is 0 Å². The Balaban J connectivity index is 0.934. The molecule has 3 aromatic heterocycles. The van der Waals surface area contributed by atoms with Gasteiger partial charge >= 0.3 is 0 Å². The summed E-state index contributed by atoms with van der Waals surface area (Å²) in [5.74, 6) is 0. The number of benzene rings is 11. The van der Waals surface area contributed by atoms with Gasteiger partial charge in [-0.1, -0.05) is 152 Å². The minimum Gasteiger partial charge on any atom is -0.309 e. The second kappa shape index (κ2) is 15.2. The van der Waals surface area contributed by atoms with Crippen LogP contribution in [0.4, 0.5) is 0 Å². The molecule has 14 rings (SSSR count). The Bertz CT molecular complexity index is 4200. The van der Waals surface area contributed by atoms with Crippen molar-refractivity contribution in [3.63, 3.8) is 0 Å². The molecule has 0 bridgehead atoms. The third-order valence-corrected chi connectivity index (χ3v) is 13.8. The van der Waals surface area contributed by atoms with Crippen molar-refractivity contribution in [2.75, 3.05) is 0 Å². The second-order valence-electron chi connectivity index (χ2n) is 17.8. The highest BCUT2D eigenvalue weighted by molar-refractivity contribution is 6.15. The Kier molecular flexibility index (Phi) is 8.55. The van der Waals surface area contributed by atoms with Gasteiger partial charge in [-0.2, -0.15) is 0 Å². The molecule has 316 valence electrons. The molecular weight excluding hydrogens is 825 g/mol. The molecule has 0 N–H and O–H groups in total. The summed E-state index contributed by atoms with van der Waals surface area (Å²) in [7, 11) is 0. The van der Waals surface area contributed by atoms with Gasteiger partial charge in [0.25, 0.3) is 0 Å². The fourth-order valence-corrected chi connectivity index (χ4v) is 10.6. The maximum atomic E-state index is 5.38. The molecule has 4 heteroatoms. The van der Waals surface area contributed by atoms with Crippen molar-refractivity contribution in [3.8, 4) is 56.1 Å². The minimum atomic E-state index is 0.854. The van der Waals surface area contributed by atoms with E-state index in [-0.39, 0.29) is 0 Å². The third kappa shape index (κ3) is 6.15. The minimum absolute atomic E-state index is 0.854. The zero-order valence-corrected chi connectivity index (χ0v) is 36.9. The molecule has 0 unspecified atom stereocenters. The average molecular weight is 865 g/mol. The summed E-state index contributed by atoms with van der Waals surface area (Å²) in [5.41, 5.74) is 17.1. The Labute approximate surface area is 392 Å². The van der Waals surface area contributed by atoms with E-state index >= 15 is 0 Å². The van der Waals surface area contributed by atoms with E-state index in [1.54, 1.807) is 0 Å². The zero-order valence-electron chi connectivity index (χ0n) is 36.9. The van der Waals surface area contributed by atoms with E-state index in [0.29, 0.717) is 0 Å². The summed E-state index contributed by atoms with van der Waals surface area (Å²) < 4.78 is 4.85. The van der Waals surface area contributed by atoms with Crippen LogP contribution in [0.1, 0.15) is 0 Å². The van der Waals surface area contributed by atoms with E-state index in [1.807, 2.05) is 12.1 Å². The molecule has 0 aliphatic carbocycles. The Morgan fingerprint density at radius 3 is 1.37 bits per heavy atom.